The predicted octanol–water partition coefficient (Wildman–Crippen LogP) is 4.26. The third kappa shape index (κ3) is 4.74. The van der Waals surface area contributed by atoms with Gasteiger partial charge in [0.05, 0.1) is 6.61 Å². The average Bonchev–Trinajstić information content (AvgIpc) is 3.48. The molecule has 8 heteroatoms. The molecule has 1 N–H and O–H groups in total. The first kappa shape index (κ1) is 20.2. The number of nitrogens with one attached hydrogen (secondary N) is 1. The van der Waals surface area contributed by atoms with E-state index < -0.39 is 5.97 Å². The van der Waals surface area contributed by atoms with Crippen LogP contribution in [0.2, 0.25) is 5.02 Å². The van der Waals surface area contributed by atoms with Crippen molar-refractivity contribution in [3.63, 3.8) is 0 Å². The summed E-state index contributed by atoms with van der Waals surface area (Å²) in [5.41, 5.74) is 2.61. The number of ether oxygens (including phenoxy) is 1. The van der Waals surface area contributed by atoms with Gasteiger partial charge in [0.15, 0.2) is 5.58 Å². The van der Waals surface area contributed by atoms with E-state index in [4.69, 9.17) is 20.8 Å². The van der Waals surface area contributed by atoms with E-state index in [-0.39, 0.29) is 18.5 Å². The number of aromatic nitrogens is 1. The molecule has 30 heavy (non-hydrogen) atoms. The Balaban J connectivity index is 1.48. The van der Waals surface area contributed by atoms with Gasteiger partial charge >= 0.3 is 5.97 Å². The second-order valence-electron chi connectivity index (χ2n) is 7.15. The number of esters is 1. The molecular weight excluding hydrogens is 406 g/mol. The van der Waals surface area contributed by atoms with Gasteiger partial charge in [0.25, 0.3) is 11.9 Å². The molecule has 156 valence electrons. The first-order chi connectivity index (χ1) is 14.5. The Labute approximate surface area is 179 Å². The highest BCUT2D eigenvalue weighted by molar-refractivity contribution is 6.30. The van der Waals surface area contributed by atoms with E-state index >= 15 is 0 Å². The Morgan fingerprint density at radius 1 is 1.27 bits per heavy atom. The molecule has 0 aliphatic heterocycles. The number of hydrogen-bond acceptors (Lipinski definition) is 6. The van der Waals surface area contributed by atoms with Crippen LogP contribution in [0.4, 0.5) is 6.01 Å². The molecular formula is C22H22ClN3O4. The topological polar surface area (TPSA) is 84.7 Å². The number of carbonyl (C=O) groups excluding carboxylic acids is 2. The number of rotatable bonds is 8. The Hall–Kier alpha value is -3.06. The molecule has 1 aliphatic carbocycles. The SMILES string of the molecule is CCOC(=O)CN(C(=O)c1ccc2oc(NCc3cccc(Cl)c3)nc2c1)C1CC1. The van der Waals surface area contributed by atoms with Crippen molar-refractivity contribution in [1.29, 1.82) is 0 Å². The van der Waals surface area contributed by atoms with Gasteiger partial charge in [-0.05, 0) is 55.7 Å². The minimum atomic E-state index is -0.396. The monoisotopic (exact) mass is 427 g/mol. The third-order valence-corrected chi connectivity index (χ3v) is 5.06. The van der Waals surface area contributed by atoms with Crippen LogP contribution in [-0.4, -0.2) is 41.0 Å². The van der Waals surface area contributed by atoms with Crippen molar-refractivity contribution in [1.82, 2.24) is 9.88 Å². The van der Waals surface area contributed by atoms with Gasteiger partial charge in [-0.2, -0.15) is 4.98 Å². The molecule has 3 aromatic rings. The molecule has 1 fully saturated rings. The van der Waals surface area contributed by atoms with Crippen molar-refractivity contribution in [2.45, 2.75) is 32.4 Å². The highest BCUT2D eigenvalue weighted by atomic mass is 35.5. The van der Waals surface area contributed by atoms with Gasteiger partial charge in [0.1, 0.15) is 12.1 Å². The summed E-state index contributed by atoms with van der Waals surface area (Å²) in [4.78, 5) is 30.9. The number of fused-ring (bicyclic) bond motifs is 1. The molecule has 0 saturated heterocycles. The van der Waals surface area contributed by atoms with Gasteiger partial charge in [-0.3, -0.25) is 9.59 Å². The zero-order valence-corrected chi connectivity index (χ0v) is 17.3. The highest BCUT2D eigenvalue weighted by Gasteiger charge is 2.34. The van der Waals surface area contributed by atoms with Crippen LogP contribution in [0.1, 0.15) is 35.7 Å². The standard InChI is InChI=1S/C22H22ClN3O4/c1-2-29-20(27)13-26(17-7-8-17)21(28)15-6-9-19-18(11-15)25-22(30-19)24-12-14-4-3-5-16(23)10-14/h3-6,9-11,17H,2,7-8,12-13H2,1H3,(H,24,25). The molecule has 0 atom stereocenters. The lowest BCUT2D eigenvalue weighted by atomic mass is 10.1. The van der Waals surface area contributed by atoms with Gasteiger partial charge in [-0.15, -0.1) is 0 Å². The molecule has 7 nitrogen and oxygen atoms in total. The number of benzene rings is 2. The van der Waals surface area contributed by atoms with Crippen molar-refractivity contribution in [2.75, 3.05) is 18.5 Å². The number of carbonyl (C=O) groups is 2. The van der Waals surface area contributed by atoms with Crippen molar-refractivity contribution in [3.8, 4) is 0 Å². The highest BCUT2D eigenvalue weighted by Crippen LogP contribution is 2.29. The van der Waals surface area contributed by atoms with E-state index in [1.165, 1.54) is 0 Å². The molecule has 4 rings (SSSR count). The van der Waals surface area contributed by atoms with Crippen molar-refractivity contribution < 1.29 is 18.7 Å². The van der Waals surface area contributed by atoms with Crippen molar-refractivity contribution in [2.24, 2.45) is 0 Å². The van der Waals surface area contributed by atoms with Crippen LogP contribution in [0, 0.1) is 0 Å². The summed E-state index contributed by atoms with van der Waals surface area (Å²) in [7, 11) is 0. The van der Waals surface area contributed by atoms with Crippen LogP contribution in [0.15, 0.2) is 46.9 Å². The third-order valence-electron chi connectivity index (χ3n) is 4.82. The second-order valence-corrected chi connectivity index (χ2v) is 7.59. The fourth-order valence-corrected chi connectivity index (χ4v) is 3.44. The molecule has 0 bridgehead atoms. The molecule has 2 aromatic carbocycles. The van der Waals surface area contributed by atoms with E-state index in [0.29, 0.717) is 40.9 Å². The Morgan fingerprint density at radius 2 is 2.10 bits per heavy atom. The van der Waals surface area contributed by atoms with E-state index in [1.807, 2.05) is 24.3 Å². The molecule has 1 aliphatic rings. The summed E-state index contributed by atoms with van der Waals surface area (Å²) in [5.74, 6) is -0.600. The quantitative estimate of drug-likeness (QED) is 0.540. The molecule has 0 radical (unpaired) electrons. The predicted molar refractivity (Wildman–Crippen MR) is 113 cm³/mol. The van der Waals surface area contributed by atoms with Crippen LogP contribution >= 0.6 is 11.6 Å². The summed E-state index contributed by atoms with van der Waals surface area (Å²) >= 11 is 6.01. The normalized spacial score (nSPS) is 13.3. The lowest BCUT2D eigenvalue weighted by Crippen LogP contribution is -2.38. The van der Waals surface area contributed by atoms with E-state index in [1.54, 1.807) is 30.0 Å². The lowest BCUT2D eigenvalue weighted by molar-refractivity contribution is -0.144. The number of anilines is 1. The van der Waals surface area contributed by atoms with Crippen molar-refractivity contribution >= 4 is 40.6 Å². The fraction of sp³-hybridized carbons (Fsp3) is 0.318. The number of amides is 1. The molecule has 1 saturated carbocycles. The molecule has 0 unspecified atom stereocenters. The minimum Gasteiger partial charge on any atom is -0.465 e. The maximum absolute atomic E-state index is 13.0. The maximum Gasteiger partial charge on any atom is 0.325 e. The number of halogens is 1. The van der Waals surface area contributed by atoms with E-state index in [2.05, 4.69) is 10.3 Å². The van der Waals surface area contributed by atoms with Crippen LogP contribution in [-0.2, 0) is 16.1 Å². The zero-order chi connectivity index (χ0) is 21.1. The smallest absolute Gasteiger partial charge is 0.325 e. The average molecular weight is 428 g/mol. The summed E-state index contributed by atoms with van der Waals surface area (Å²) in [6.07, 6.45) is 1.80. The van der Waals surface area contributed by atoms with Crippen molar-refractivity contribution in [3.05, 3.63) is 58.6 Å². The molecule has 1 aromatic heterocycles. The summed E-state index contributed by atoms with van der Waals surface area (Å²) in [6, 6.07) is 13.1. The van der Waals surface area contributed by atoms with Gasteiger partial charge in [0.2, 0.25) is 0 Å². The van der Waals surface area contributed by atoms with Crippen LogP contribution < -0.4 is 5.32 Å². The lowest BCUT2D eigenvalue weighted by Gasteiger charge is -2.21. The second kappa shape index (κ2) is 8.75. The maximum atomic E-state index is 13.0. The van der Waals surface area contributed by atoms with Gasteiger partial charge in [-0.1, -0.05) is 23.7 Å². The fourth-order valence-electron chi connectivity index (χ4n) is 3.23. The molecule has 0 spiro atoms. The number of hydrogen-bond donors (Lipinski definition) is 1. The number of nitrogens with zero attached hydrogens (tertiary/aromatic N) is 2. The van der Waals surface area contributed by atoms with Gasteiger partial charge < -0.3 is 19.4 Å². The van der Waals surface area contributed by atoms with Crippen LogP contribution in [0.3, 0.4) is 0 Å². The summed E-state index contributed by atoms with van der Waals surface area (Å²) in [6.45, 7) is 2.51. The van der Waals surface area contributed by atoms with Gasteiger partial charge in [0, 0.05) is 23.2 Å². The number of oxazole rings is 1. The first-order valence-corrected chi connectivity index (χ1v) is 10.3. The Bertz CT molecular complexity index is 1080. The van der Waals surface area contributed by atoms with Gasteiger partial charge in [-0.25, -0.2) is 0 Å². The largest absolute Gasteiger partial charge is 0.465 e. The van der Waals surface area contributed by atoms with Crippen LogP contribution in [0.25, 0.3) is 11.1 Å². The van der Waals surface area contributed by atoms with Crippen LogP contribution in [0.5, 0.6) is 0 Å². The summed E-state index contributed by atoms with van der Waals surface area (Å²) < 4.78 is 10.7. The Kier molecular flexibility index (Phi) is 5.90. The minimum absolute atomic E-state index is 0.0410. The Morgan fingerprint density at radius 3 is 2.83 bits per heavy atom. The van der Waals surface area contributed by atoms with E-state index in [0.717, 1.165) is 18.4 Å². The van der Waals surface area contributed by atoms with E-state index in [9.17, 15) is 9.59 Å². The first-order valence-electron chi connectivity index (χ1n) is 9.89. The zero-order valence-electron chi connectivity index (χ0n) is 16.6. The molecule has 1 heterocycles. The summed E-state index contributed by atoms with van der Waals surface area (Å²) in [5, 5.41) is 3.79. The molecule has 1 amide bonds.